The van der Waals surface area contributed by atoms with Crippen molar-refractivity contribution in [2.45, 2.75) is 38.5 Å². The first-order chi connectivity index (χ1) is 10.7. The molecule has 0 aromatic heterocycles. The van der Waals surface area contributed by atoms with E-state index in [0.29, 0.717) is 23.6 Å². The number of carboxylic acids is 1. The van der Waals surface area contributed by atoms with Crippen LogP contribution in [0.4, 0.5) is 0 Å². The molecular weight excluding hydrogens is 286 g/mol. The number of ether oxygens (including phenoxy) is 2. The van der Waals surface area contributed by atoms with Crippen LogP contribution < -0.4 is 14.8 Å². The van der Waals surface area contributed by atoms with Gasteiger partial charge in [0.1, 0.15) is 0 Å². The molecule has 0 spiro atoms. The van der Waals surface area contributed by atoms with E-state index < -0.39 is 5.97 Å². The number of nitrogens with one attached hydrogen (secondary N) is 1. The highest BCUT2D eigenvalue weighted by atomic mass is 16.7. The molecule has 0 saturated carbocycles. The fourth-order valence-corrected chi connectivity index (χ4v) is 2.27. The molecule has 2 rings (SSSR count). The van der Waals surface area contributed by atoms with Gasteiger partial charge in [-0.15, -0.1) is 0 Å². The highest BCUT2D eigenvalue weighted by molar-refractivity contribution is 5.94. The van der Waals surface area contributed by atoms with Crippen molar-refractivity contribution in [3.63, 3.8) is 0 Å². The molecule has 1 amide bonds. The van der Waals surface area contributed by atoms with E-state index in [4.69, 9.17) is 14.6 Å². The fourth-order valence-electron chi connectivity index (χ4n) is 2.27. The molecule has 0 saturated heterocycles. The molecule has 1 heterocycles. The third-order valence-corrected chi connectivity index (χ3v) is 3.49. The van der Waals surface area contributed by atoms with E-state index >= 15 is 0 Å². The number of rotatable bonds is 9. The molecule has 1 aliphatic heterocycles. The lowest BCUT2D eigenvalue weighted by atomic mass is 10.1. The quantitative estimate of drug-likeness (QED) is 0.685. The molecule has 0 radical (unpaired) electrons. The van der Waals surface area contributed by atoms with E-state index in [1.807, 2.05) is 0 Å². The van der Waals surface area contributed by atoms with Crippen molar-refractivity contribution in [1.82, 2.24) is 5.32 Å². The van der Waals surface area contributed by atoms with Crippen LogP contribution in [-0.2, 0) is 4.79 Å². The predicted octanol–water partition coefficient (Wildman–Crippen LogP) is 2.57. The Morgan fingerprint density at radius 1 is 1.05 bits per heavy atom. The highest BCUT2D eigenvalue weighted by Crippen LogP contribution is 2.32. The Morgan fingerprint density at radius 3 is 2.59 bits per heavy atom. The molecule has 1 aromatic rings. The summed E-state index contributed by atoms with van der Waals surface area (Å²) in [6, 6.07) is 5.14. The van der Waals surface area contributed by atoms with Gasteiger partial charge in [0.25, 0.3) is 5.91 Å². The maximum absolute atomic E-state index is 12.0. The molecule has 0 aliphatic carbocycles. The third kappa shape index (κ3) is 4.95. The zero-order chi connectivity index (χ0) is 15.8. The second kappa shape index (κ2) is 8.26. The van der Waals surface area contributed by atoms with Crippen LogP contribution in [0, 0.1) is 0 Å². The summed E-state index contributed by atoms with van der Waals surface area (Å²) in [5.41, 5.74) is 0.561. The van der Waals surface area contributed by atoms with Gasteiger partial charge in [0, 0.05) is 18.5 Å². The molecule has 1 aromatic carbocycles. The number of benzene rings is 1. The van der Waals surface area contributed by atoms with E-state index in [0.717, 1.165) is 32.1 Å². The normalized spacial score (nSPS) is 12.2. The summed E-state index contributed by atoms with van der Waals surface area (Å²) >= 11 is 0. The first-order valence-electron chi connectivity index (χ1n) is 7.56. The first kappa shape index (κ1) is 16.1. The minimum atomic E-state index is -0.740. The monoisotopic (exact) mass is 307 g/mol. The fraction of sp³-hybridized carbons (Fsp3) is 0.500. The van der Waals surface area contributed by atoms with Gasteiger partial charge in [0.05, 0.1) is 0 Å². The standard InChI is InChI=1S/C16H21NO5/c18-15(19)6-4-2-1-3-5-9-17-16(20)12-7-8-13-14(10-12)22-11-21-13/h7-8,10H,1-6,9,11H2,(H,17,20)(H,18,19). The van der Waals surface area contributed by atoms with Crippen LogP contribution >= 0.6 is 0 Å². The smallest absolute Gasteiger partial charge is 0.303 e. The summed E-state index contributed by atoms with van der Waals surface area (Å²) in [5.74, 6) is 0.407. The van der Waals surface area contributed by atoms with Gasteiger partial charge in [-0.05, 0) is 31.0 Å². The Labute approximate surface area is 129 Å². The van der Waals surface area contributed by atoms with Crippen molar-refractivity contribution in [3.8, 4) is 11.5 Å². The number of hydrogen-bond donors (Lipinski definition) is 2. The second-order valence-corrected chi connectivity index (χ2v) is 5.24. The Kier molecular flexibility index (Phi) is 6.06. The van der Waals surface area contributed by atoms with Crippen LogP contribution in [0.25, 0.3) is 0 Å². The molecule has 6 nitrogen and oxygen atoms in total. The van der Waals surface area contributed by atoms with Crippen molar-refractivity contribution >= 4 is 11.9 Å². The summed E-state index contributed by atoms with van der Waals surface area (Å²) < 4.78 is 10.4. The Balaban J connectivity index is 1.59. The van der Waals surface area contributed by atoms with Crippen molar-refractivity contribution in [2.24, 2.45) is 0 Å². The van der Waals surface area contributed by atoms with Gasteiger partial charge >= 0.3 is 5.97 Å². The predicted molar refractivity (Wildman–Crippen MR) is 80.2 cm³/mol. The molecule has 0 fully saturated rings. The molecule has 0 unspecified atom stereocenters. The van der Waals surface area contributed by atoms with Gasteiger partial charge in [-0.1, -0.05) is 19.3 Å². The van der Waals surface area contributed by atoms with Crippen molar-refractivity contribution in [1.29, 1.82) is 0 Å². The average molecular weight is 307 g/mol. The lowest BCUT2D eigenvalue weighted by molar-refractivity contribution is -0.137. The Bertz CT molecular complexity index is 529. The van der Waals surface area contributed by atoms with Crippen LogP contribution in [-0.4, -0.2) is 30.3 Å². The van der Waals surface area contributed by atoms with Crippen LogP contribution in [0.5, 0.6) is 11.5 Å². The van der Waals surface area contributed by atoms with Gasteiger partial charge in [-0.25, -0.2) is 0 Å². The van der Waals surface area contributed by atoms with E-state index in [1.165, 1.54) is 0 Å². The summed E-state index contributed by atoms with van der Waals surface area (Å²) in [4.78, 5) is 22.3. The summed E-state index contributed by atoms with van der Waals surface area (Å²) in [5, 5.41) is 11.4. The Hall–Kier alpha value is -2.24. The maximum atomic E-state index is 12.0. The number of carbonyl (C=O) groups is 2. The number of unbranched alkanes of at least 4 members (excludes halogenated alkanes) is 4. The van der Waals surface area contributed by atoms with Crippen LogP contribution in [0.2, 0.25) is 0 Å². The zero-order valence-corrected chi connectivity index (χ0v) is 12.5. The second-order valence-electron chi connectivity index (χ2n) is 5.24. The lowest BCUT2D eigenvalue weighted by Gasteiger charge is -2.06. The molecule has 6 heteroatoms. The largest absolute Gasteiger partial charge is 0.481 e. The number of fused-ring (bicyclic) bond motifs is 1. The minimum Gasteiger partial charge on any atom is -0.481 e. The van der Waals surface area contributed by atoms with Gasteiger partial charge in [-0.3, -0.25) is 9.59 Å². The summed E-state index contributed by atoms with van der Waals surface area (Å²) in [6.45, 7) is 0.814. The molecule has 120 valence electrons. The number of amides is 1. The molecule has 2 N–H and O–H groups in total. The van der Waals surface area contributed by atoms with E-state index in [9.17, 15) is 9.59 Å². The van der Waals surface area contributed by atoms with Crippen molar-refractivity contribution < 1.29 is 24.2 Å². The third-order valence-electron chi connectivity index (χ3n) is 3.49. The average Bonchev–Trinajstić information content (AvgIpc) is 2.96. The number of carbonyl (C=O) groups excluding carboxylic acids is 1. The van der Waals surface area contributed by atoms with Crippen molar-refractivity contribution in [2.75, 3.05) is 13.3 Å². The topological polar surface area (TPSA) is 84.9 Å². The number of hydrogen-bond acceptors (Lipinski definition) is 4. The van der Waals surface area contributed by atoms with E-state index in [-0.39, 0.29) is 19.1 Å². The first-order valence-corrected chi connectivity index (χ1v) is 7.56. The van der Waals surface area contributed by atoms with Crippen LogP contribution in [0.15, 0.2) is 18.2 Å². The van der Waals surface area contributed by atoms with E-state index in [1.54, 1.807) is 18.2 Å². The number of carboxylic acid groups (broad SMARTS) is 1. The van der Waals surface area contributed by atoms with Crippen LogP contribution in [0.1, 0.15) is 48.9 Å². The minimum absolute atomic E-state index is 0.121. The van der Waals surface area contributed by atoms with Gasteiger partial charge in [0.2, 0.25) is 6.79 Å². The molecule has 0 bridgehead atoms. The molecule has 22 heavy (non-hydrogen) atoms. The molecular formula is C16H21NO5. The highest BCUT2D eigenvalue weighted by Gasteiger charge is 2.15. The molecule has 0 atom stereocenters. The van der Waals surface area contributed by atoms with Crippen LogP contribution in [0.3, 0.4) is 0 Å². The molecule has 1 aliphatic rings. The van der Waals surface area contributed by atoms with Crippen molar-refractivity contribution in [3.05, 3.63) is 23.8 Å². The van der Waals surface area contributed by atoms with E-state index in [2.05, 4.69) is 5.32 Å². The van der Waals surface area contributed by atoms with Gasteiger partial charge in [0.15, 0.2) is 11.5 Å². The maximum Gasteiger partial charge on any atom is 0.303 e. The Morgan fingerprint density at radius 2 is 1.77 bits per heavy atom. The number of aliphatic carboxylic acids is 1. The zero-order valence-electron chi connectivity index (χ0n) is 12.5. The van der Waals surface area contributed by atoms with Gasteiger partial charge < -0.3 is 19.9 Å². The summed E-state index contributed by atoms with van der Waals surface area (Å²) in [6.07, 6.45) is 4.75. The van der Waals surface area contributed by atoms with Gasteiger partial charge in [-0.2, -0.15) is 0 Å². The SMILES string of the molecule is O=C(O)CCCCCCCNC(=O)c1ccc2c(c1)OCO2. The lowest BCUT2D eigenvalue weighted by Crippen LogP contribution is -2.24. The summed E-state index contributed by atoms with van der Waals surface area (Å²) in [7, 11) is 0.